The highest BCUT2D eigenvalue weighted by molar-refractivity contribution is 6.09. The number of nitrogens with zero attached hydrogens (tertiary/aromatic N) is 1. The topological polar surface area (TPSA) is 67.9 Å². The molecule has 5 atom stereocenters. The molecule has 1 spiro atoms. The Morgan fingerprint density at radius 2 is 2.27 bits per heavy atom. The molecule has 0 radical (unpaired) electrons. The maximum absolute atomic E-state index is 13.4. The molecular weight excluding hydrogens is 332 g/mol. The van der Waals surface area contributed by atoms with Crippen LogP contribution in [0.25, 0.3) is 0 Å². The summed E-state index contributed by atoms with van der Waals surface area (Å²) >= 11 is 0. The lowest BCUT2D eigenvalue weighted by Crippen LogP contribution is -2.53. The summed E-state index contributed by atoms with van der Waals surface area (Å²) < 4.78 is 10.9. The Kier molecular flexibility index (Phi) is 3.26. The van der Waals surface area contributed by atoms with Crippen LogP contribution in [-0.4, -0.2) is 45.0 Å². The number of hydrogen-bond donors (Lipinski definition) is 1. The molecule has 2 fully saturated rings. The quantitative estimate of drug-likeness (QED) is 0.813. The van der Waals surface area contributed by atoms with Gasteiger partial charge < -0.3 is 19.7 Å². The van der Waals surface area contributed by atoms with Crippen LogP contribution in [0.5, 0.6) is 5.75 Å². The summed E-state index contributed by atoms with van der Waals surface area (Å²) in [5, 5.41) is 3.69. The maximum atomic E-state index is 13.4. The largest absolute Gasteiger partial charge is 0.500 e. The van der Waals surface area contributed by atoms with Gasteiger partial charge in [0, 0.05) is 36.7 Å². The number of carbonyl (C=O) groups excluding carboxylic acids is 2. The fraction of sp³-hybridized carbons (Fsp3) is 0.500. The molecule has 4 aliphatic heterocycles. The normalized spacial score (nSPS) is 37.1. The van der Waals surface area contributed by atoms with Crippen LogP contribution in [0, 0.1) is 11.8 Å². The first-order valence-corrected chi connectivity index (χ1v) is 9.09. The number of fused-ring (bicyclic) bond motifs is 7. The van der Waals surface area contributed by atoms with Gasteiger partial charge in [-0.25, -0.2) is 0 Å². The van der Waals surface area contributed by atoms with Gasteiger partial charge >= 0.3 is 0 Å². The Morgan fingerprint density at radius 1 is 1.42 bits per heavy atom. The first-order chi connectivity index (χ1) is 12.6. The van der Waals surface area contributed by atoms with Crippen molar-refractivity contribution < 1.29 is 19.1 Å². The molecular formula is C20H22N2O4. The number of rotatable bonds is 2. The SMILES string of the molecule is COc1ccc2c(c1)N(C)C(=O)C21CC2NC1CC1C(C=O)=COCC21. The highest BCUT2D eigenvalue weighted by atomic mass is 16.5. The van der Waals surface area contributed by atoms with Crippen molar-refractivity contribution in [3.63, 3.8) is 0 Å². The van der Waals surface area contributed by atoms with Crippen molar-refractivity contribution in [1.82, 2.24) is 5.32 Å². The average molecular weight is 354 g/mol. The zero-order chi connectivity index (χ0) is 18.1. The molecule has 4 aliphatic rings. The molecule has 1 amide bonds. The molecule has 0 aliphatic carbocycles. The molecule has 6 nitrogen and oxygen atoms in total. The summed E-state index contributed by atoms with van der Waals surface area (Å²) in [6.45, 7) is 0.599. The molecule has 0 aromatic heterocycles. The summed E-state index contributed by atoms with van der Waals surface area (Å²) in [5.41, 5.74) is 2.16. The van der Waals surface area contributed by atoms with E-state index in [1.165, 1.54) is 0 Å². The molecule has 6 heteroatoms. The number of carbonyl (C=O) groups is 2. The average Bonchev–Trinajstić information content (AvgIpc) is 3.10. The third kappa shape index (κ3) is 1.80. The monoisotopic (exact) mass is 354 g/mol. The molecule has 0 saturated carbocycles. The molecule has 5 unspecified atom stereocenters. The number of benzene rings is 1. The van der Waals surface area contributed by atoms with Crippen molar-refractivity contribution in [2.75, 3.05) is 25.7 Å². The van der Waals surface area contributed by atoms with Gasteiger partial charge in [-0.3, -0.25) is 9.59 Å². The first kappa shape index (κ1) is 15.9. The van der Waals surface area contributed by atoms with Crippen LogP contribution in [0.1, 0.15) is 18.4 Å². The van der Waals surface area contributed by atoms with E-state index in [1.54, 1.807) is 18.3 Å². The molecule has 2 saturated heterocycles. The van der Waals surface area contributed by atoms with Crippen LogP contribution in [0.3, 0.4) is 0 Å². The third-order valence-electron chi connectivity index (χ3n) is 6.88. The van der Waals surface area contributed by atoms with Gasteiger partial charge in [0.05, 0.1) is 31.1 Å². The Hall–Kier alpha value is -2.34. The van der Waals surface area contributed by atoms with Crippen molar-refractivity contribution in [2.24, 2.45) is 11.8 Å². The van der Waals surface area contributed by atoms with Crippen LogP contribution in [0.2, 0.25) is 0 Å². The number of hydrogen-bond acceptors (Lipinski definition) is 5. The lowest BCUT2D eigenvalue weighted by molar-refractivity contribution is -0.123. The highest BCUT2D eigenvalue weighted by Crippen LogP contribution is 2.56. The minimum absolute atomic E-state index is 0.0276. The molecule has 26 heavy (non-hydrogen) atoms. The van der Waals surface area contributed by atoms with E-state index in [1.807, 2.05) is 25.2 Å². The minimum atomic E-state index is -0.563. The molecule has 1 N–H and O–H groups in total. The summed E-state index contributed by atoms with van der Waals surface area (Å²) in [5.74, 6) is 1.29. The Bertz CT molecular complexity index is 835. The lowest BCUT2D eigenvalue weighted by Gasteiger charge is -2.40. The predicted octanol–water partition coefficient (Wildman–Crippen LogP) is 1.39. The van der Waals surface area contributed by atoms with Gasteiger partial charge in [0.15, 0.2) is 0 Å². The Morgan fingerprint density at radius 3 is 3.04 bits per heavy atom. The second kappa shape index (κ2) is 5.33. The van der Waals surface area contributed by atoms with Crippen LogP contribution < -0.4 is 15.0 Å². The number of aldehydes is 1. The standard InChI is InChI=1S/C20H22N2O4/c1-22-17-5-12(25-2)3-4-15(17)20(19(22)24)7-16-14-10-26-9-11(8-23)13(14)6-18(20)21-16/h3-5,8-9,13-14,16,18,21H,6-7,10H2,1-2H3. The number of likely N-dealkylation sites (N-methyl/N-ethyl adjacent to an activating group) is 1. The van der Waals surface area contributed by atoms with E-state index in [9.17, 15) is 9.59 Å². The van der Waals surface area contributed by atoms with Gasteiger partial charge in [-0.1, -0.05) is 6.07 Å². The van der Waals surface area contributed by atoms with Crippen LogP contribution >= 0.6 is 0 Å². The Balaban J connectivity index is 1.61. The van der Waals surface area contributed by atoms with Crippen molar-refractivity contribution in [3.8, 4) is 5.75 Å². The number of nitrogens with one attached hydrogen (secondary N) is 1. The van der Waals surface area contributed by atoms with Crippen molar-refractivity contribution >= 4 is 17.9 Å². The Labute approximate surface area is 152 Å². The first-order valence-electron chi connectivity index (χ1n) is 9.09. The van der Waals surface area contributed by atoms with E-state index in [4.69, 9.17) is 9.47 Å². The van der Waals surface area contributed by atoms with Crippen LogP contribution in [0.4, 0.5) is 5.69 Å². The van der Waals surface area contributed by atoms with E-state index >= 15 is 0 Å². The fourth-order valence-electron chi connectivity index (χ4n) is 5.63. The van der Waals surface area contributed by atoms with Gasteiger partial charge in [-0.15, -0.1) is 0 Å². The number of allylic oxidation sites excluding steroid dienone is 1. The van der Waals surface area contributed by atoms with Crippen molar-refractivity contribution in [1.29, 1.82) is 0 Å². The molecule has 2 bridgehead atoms. The van der Waals surface area contributed by atoms with E-state index in [2.05, 4.69) is 5.32 Å². The predicted molar refractivity (Wildman–Crippen MR) is 95.1 cm³/mol. The number of methoxy groups -OCH3 is 1. The fourth-order valence-corrected chi connectivity index (χ4v) is 5.63. The van der Waals surface area contributed by atoms with E-state index in [0.717, 1.165) is 41.7 Å². The molecule has 1 aromatic carbocycles. The lowest BCUT2D eigenvalue weighted by atomic mass is 9.72. The summed E-state index contributed by atoms with van der Waals surface area (Å²) in [4.78, 5) is 26.7. The molecule has 5 rings (SSSR count). The zero-order valence-corrected chi connectivity index (χ0v) is 14.9. The maximum Gasteiger partial charge on any atom is 0.239 e. The van der Waals surface area contributed by atoms with E-state index in [-0.39, 0.29) is 29.8 Å². The molecule has 1 aromatic rings. The summed E-state index contributed by atoms with van der Waals surface area (Å²) in [6, 6.07) is 6.11. The van der Waals surface area contributed by atoms with Gasteiger partial charge in [-0.2, -0.15) is 0 Å². The summed E-state index contributed by atoms with van der Waals surface area (Å²) in [7, 11) is 3.47. The number of ether oxygens (including phenoxy) is 2. The number of piperidine rings is 1. The minimum Gasteiger partial charge on any atom is -0.500 e. The second-order valence-corrected chi connectivity index (χ2v) is 7.82. The van der Waals surface area contributed by atoms with Crippen LogP contribution in [0.15, 0.2) is 30.0 Å². The van der Waals surface area contributed by atoms with Gasteiger partial charge in [0.1, 0.15) is 12.0 Å². The third-order valence-corrected chi connectivity index (χ3v) is 6.88. The second-order valence-electron chi connectivity index (χ2n) is 7.82. The van der Waals surface area contributed by atoms with Gasteiger partial charge in [0.2, 0.25) is 5.91 Å². The summed E-state index contributed by atoms with van der Waals surface area (Å²) in [6.07, 6.45) is 4.04. The van der Waals surface area contributed by atoms with E-state index in [0.29, 0.717) is 6.61 Å². The molecule has 136 valence electrons. The van der Waals surface area contributed by atoms with Crippen molar-refractivity contribution in [3.05, 3.63) is 35.6 Å². The number of amides is 1. The van der Waals surface area contributed by atoms with Gasteiger partial charge in [0.25, 0.3) is 0 Å². The zero-order valence-electron chi connectivity index (χ0n) is 14.9. The van der Waals surface area contributed by atoms with Crippen molar-refractivity contribution in [2.45, 2.75) is 30.3 Å². The number of anilines is 1. The van der Waals surface area contributed by atoms with Gasteiger partial charge in [-0.05, 0) is 30.4 Å². The van der Waals surface area contributed by atoms with E-state index < -0.39 is 5.41 Å². The van der Waals surface area contributed by atoms with Crippen LogP contribution in [-0.2, 0) is 19.7 Å². The highest BCUT2D eigenvalue weighted by Gasteiger charge is 2.63. The molecule has 4 heterocycles. The smallest absolute Gasteiger partial charge is 0.239 e.